The first kappa shape index (κ1) is 24.9. The predicted molar refractivity (Wildman–Crippen MR) is 140 cm³/mol. The molecule has 5 aliphatic rings. The zero-order chi connectivity index (χ0) is 24.9. The van der Waals surface area contributed by atoms with Crippen molar-refractivity contribution in [2.75, 3.05) is 0 Å². The van der Waals surface area contributed by atoms with Gasteiger partial charge in [0.25, 0.3) is 0 Å². The van der Waals surface area contributed by atoms with Gasteiger partial charge >= 0.3 is 5.97 Å². The van der Waals surface area contributed by atoms with Gasteiger partial charge in [0.2, 0.25) is 0 Å². The number of carbonyl (C=O) groups is 1. The van der Waals surface area contributed by atoms with E-state index < -0.39 is 0 Å². The summed E-state index contributed by atoms with van der Waals surface area (Å²) in [5, 5.41) is 0. The molecule has 192 valence electrons. The molecule has 0 amide bonds. The van der Waals surface area contributed by atoms with E-state index in [0.717, 1.165) is 18.3 Å². The number of ether oxygens (including phenoxy) is 1. The van der Waals surface area contributed by atoms with E-state index in [1.165, 1.54) is 57.8 Å². The molecule has 0 aromatic heterocycles. The molecule has 0 aliphatic heterocycles. The van der Waals surface area contributed by atoms with Gasteiger partial charge in [0, 0.05) is 12.3 Å². The van der Waals surface area contributed by atoms with Gasteiger partial charge in [-0.05, 0) is 109 Å². The van der Waals surface area contributed by atoms with E-state index in [1.807, 2.05) is 5.57 Å². The van der Waals surface area contributed by atoms with Crippen LogP contribution in [-0.4, -0.2) is 12.1 Å². The molecule has 0 radical (unpaired) electrons. The van der Waals surface area contributed by atoms with Gasteiger partial charge in [-0.1, -0.05) is 67.0 Å². The van der Waals surface area contributed by atoms with Crippen LogP contribution in [0.3, 0.4) is 0 Å². The van der Waals surface area contributed by atoms with Crippen LogP contribution in [0.25, 0.3) is 0 Å². The second-order valence-electron chi connectivity index (χ2n) is 15.9. The number of carbonyl (C=O) groups excluding carboxylic acids is 1. The summed E-state index contributed by atoms with van der Waals surface area (Å²) in [5.74, 6) is 2.09. The lowest BCUT2D eigenvalue weighted by atomic mass is 9.34. The van der Waals surface area contributed by atoms with Crippen LogP contribution >= 0.6 is 0 Å². The highest BCUT2D eigenvalue weighted by molar-refractivity contribution is 5.66. The number of fused-ring (bicyclic) bond motifs is 7. The third-order valence-corrected chi connectivity index (χ3v) is 13.0. The van der Waals surface area contributed by atoms with Gasteiger partial charge in [-0.2, -0.15) is 0 Å². The summed E-state index contributed by atoms with van der Waals surface area (Å²) in [7, 11) is 0. The van der Waals surface area contributed by atoms with Crippen molar-refractivity contribution in [1.29, 1.82) is 0 Å². The Morgan fingerprint density at radius 1 is 0.794 bits per heavy atom. The van der Waals surface area contributed by atoms with Gasteiger partial charge in [0.05, 0.1) is 0 Å². The maximum absolute atomic E-state index is 11.9. The van der Waals surface area contributed by atoms with Crippen LogP contribution in [0.1, 0.15) is 127 Å². The molecule has 5 rings (SSSR count). The molecule has 8 unspecified atom stereocenters. The highest BCUT2D eigenvalue weighted by Crippen LogP contribution is 2.75. The zero-order valence-corrected chi connectivity index (χ0v) is 23.8. The van der Waals surface area contributed by atoms with Crippen LogP contribution in [0.5, 0.6) is 0 Å². The molecule has 4 fully saturated rings. The minimum absolute atomic E-state index is 0.0493. The van der Waals surface area contributed by atoms with Crippen molar-refractivity contribution >= 4 is 5.97 Å². The SMILES string of the molecule is CC(=O)OC1CCC2(C)C3CCC4(C)C(=CCC5(C)CCC(C)(C)CC54)C3(C)CCC2C1(C)C. The molecule has 2 nitrogen and oxygen atoms in total. The Balaban J connectivity index is 1.51. The summed E-state index contributed by atoms with van der Waals surface area (Å²) in [5.41, 5.74) is 3.90. The molecule has 0 heterocycles. The van der Waals surface area contributed by atoms with Gasteiger partial charge < -0.3 is 4.74 Å². The molecule has 8 atom stereocenters. The number of hydrogen-bond donors (Lipinski definition) is 0. The van der Waals surface area contributed by atoms with Crippen LogP contribution < -0.4 is 0 Å². The Bertz CT molecular complexity index is 897. The molecule has 0 aromatic rings. The van der Waals surface area contributed by atoms with Crippen molar-refractivity contribution in [2.45, 2.75) is 133 Å². The maximum atomic E-state index is 11.9. The first-order chi connectivity index (χ1) is 15.6. The standard InChI is InChI=1S/C32H52O2/c1-21(33)34-26-13-17-30(7)22(28(26,4)5)11-15-31(8)23-10-14-29(6)19-18-27(2,3)20-25(29)32(23,9)16-12-24(30)31/h10,22,24-26H,11-20H2,1-9H3. The summed E-state index contributed by atoms with van der Waals surface area (Å²) >= 11 is 0. The van der Waals surface area contributed by atoms with Crippen LogP contribution in [0.15, 0.2) is 11.6 Å². The highest BCUT2D eigenvalue weighted by Gasteiger charge is 2.67. The van der Waals surface area contributed by atoms with Crippen molar-refractivity contribution in [3.05, 3.63) is 11.6 Å². The fourth-order valence-corrected chi connectivity index (χ4v) is 11.2. The monoisotopic (exact) mass is 468 g/mol. The molecule has 0 aromatic carbocycles. The van der Waals surface area contributed by atoms with Crippen molar-refractivity contribution in [1.82, 2.24) is 0 Å². The minimum Gasteiger partial charge on any atom is -0.462 e. The summed E-state index contributed by atoms with van der Waals surface area (Å²) in [6.07, 6.45) is 15.9. The van der Waals surface area contributed by atoms with E-state index in [1.54, 1.807) is 6.92 Å². The van der Waals surface area contributed by atoms with Gasteiger partial charge in [0.15, 0.2) is 0 Å². The quantitative estimate of drug-likeness (QED) is 0.284. The Hall–Kier alpha value is -0.790. The fraction of sp³-hybridized carbons (Fsp3) is 0.906. The second-order valence-corrected chi connectivity index (χ2v) is 15.9. The lowest BCUT2D eigenvalue weighted by Gasteiger charge is -2.70. The van der Waals surface area contributed by atoms with Gasteiger partial charge in [-0.15, -0.1) is 0 Å². The van der Waals surface area contributed by atoms with Crippen LogP contribution in [0, 0.1) is 50.2 Å². The summed E-state index contributed by atoms with van der Waals surface area (Å²) in [6.45, 7) is 22.0. The predicted octanol–water partition coefficient (Wildman–Crippen LogP) is 8.74. The van der Waals surface area contributed by atoms with E-state index in [9.17, 15) is 4.79 Å². The maximum Gasteiger partial charge on any atom is 0.302 e. The molecule has 4 saturated carbocycles. The highest BCUT2D eigenvalue weighted by atomic mass is 16.5. The van der Waals surface area contributed by atoms with E-state index in [4.69, 9.17) is 4.74 Å². The first-order valence-electron chi connectivity index (χ1n) is 14.5. The van der Waals surface area contributed by atoms with Crippen LogP contribution in [0.4, 0.5) is 0 Å². The molecule has 2 heteroatoms. The summed E-state index contributed by atoms with van der Waals surface area (Å²) in [6, 6.07) is 0. The number of rotatable bonds is 1. The largest absolute Gasteiger partial charge is 0.462 e. The van der Waals surface area contributed by atoms with Crippen molar-refractivity contribution in [3.63, 3.8) is 0 Å². The zero-order valence-electron chi connectivity index (χ0n) is 23.8. The van der Waals surface area contributed by atoms with Crippen LogP contribution in [-0.2, 0) is 9.53 Å². The lowest BCUT2D eigenvalue weighted by molar-refractivity contribution is -0.198. The van der Waals surface area contributed by atoms with E-state index >= 15 is 0 Å². The van der Waals surface area contributed by atoms with Crippen molar-refractivity contribution < 1.29 is 9.53 Å². The molecule has 5 aliphatic carbocycles. The lowest BCUT2D eigenvalue weighted by Crippen LogP contribution is -2.63. The van der Waals surface area contributed by atoms with E-state index in [-0.39, 0.29) is 17.5 Å². The van der Waals surface area contributed by atoms with Crippen molar-refractivity contribution in [3.8, 4) is 0 Å². The molecule has 0 saturated heterocycles. The number of esters is 1. The molecular formula is C32H52O2. The average molecular weight is 469 g/mol. The molecular weight excluding hydrogens is 416 g/mol. The topological polar surface area (TPSA) is 26.3 Å². The molecule has 0 bridgehead atoms. The third-order valence-electron chi connectivity index (χ3n) is 13.0. The Morgan fingerprint density at radius 2 is 1.41 bits per heavy atom. The fourth-order valence-electron chi connectivity index (χ4n) is 11.2. The Morgan fingerprint density at radius 3 is 2.06 bits per heavy atom. The molecule has 0 N–H and O–H groups in total. The normalized spacial score (nSPS) is 51.1. The van der Waals surface area contributed by atoms with Gasteiger partial charge in [0.1, 0.15) is 6.10 Å². The average Bonchev–Trinajstić information content (AvgIpc) is 2.70. The Labute approximate surface area is 210 Å². The van der Waals surface area contributed by atoms with Crippen LogP contribution in [0.2, 0.25) is 0 Å². The second kappa shape index (κ2) is 7.38. The Kier molecular flexibility index (Phi) is 5.40. The summed E-state index contributed by atoms with van der Waals surface area (Å²) < 4.78 is 5.90. The smallest absolute Gasteiger partial charge is 0.302 e. The van der Waals surface area contributed by atoms with E-state index in [2.05, 4.69) is 61.5 Å². The van der Waals surface area contributed by atoms with E-state index in [0.29, 0.717) is 33.0 Å². The molecule has 34 heavy (non-hydrogen) atoms. The number of hydrogen-bond acceptors (Lipinski definition) is 2. The van der Waals surface area contributed by atoms with Gasteiger partial charge in [-0.3, -0.25) is 4.79 Å². The minimum atomic E-state index is -0.110. The number of allylic oxidation sites excluding steroid dienone is 2. The summed E-state index contributed by atoms with van der Waals surface area (Å²) in [4.78, 5) is 11.9. The van der Waals surface area contributed by atoms with Gasteiger partial charge in [-0.25, -0.2) is 0 Å². The van der Waals surface area contributed by atoms with Crippen molar-refractivity contribution in [2.24, 2.45) is 50.2 Å². The first-order valence-corrected chi connectivity index (χ1v) is 14.5. The third kappa shape index (κ3) is 3.28. The molecule has 0 spiro atoms.